The van der Waals surface area contributed by atoms with Crippen LogP contribution in [0.1, 0.15) is 41.6 Å². The van der Waals surface area contributed by atoms with Gasteiger partial charge in [-0.2, -0.15) is 4.31 Å². The highest BCUT2D eigenvalue weighted by molar-refractivity contribution is 7.89. The minimum absolute atomic E-state index is 0.0272. The fourth-order valence-corrected chi connectivity index (χ4v) is 5.42. The van der Waals surface area contributed by atoms with Crippen LogP contribution < -0.4 is 5.32 Å². The SMILES string of the molecule is O=C(NC1CC1)c1ccc(CN(C2CC2)S(=O)(=O)c2cc(Cl)cc(Cl)c2)cc1. The number of hydrogen-bond donors (Lipinski definition) is 1. The van der Waals surface area contributed by atoms with Gasteiger partial charge in [0.1, 0.15) is 0 Å². The second kappa shape index (κ2) is 7.67. The number of carbonyl (C=O) groups is 1. The van der Waals surface area contributed by atoms with Crippen LogP contribution in [0.2, 0.25) is 10.0 Å². The molecule has 0 unspecified atom stereocenters. The highest BCUT2D eigenvalue weighted by atomic mass is 35.5. The van der Waals surface area contributed by atoms with E-state index in [-0.39, 0.29) is 33.4 Å². The summed E-state index contributed by atoms with van der Waals surface area (Å²) in [6, 6.07) is 11.7. The first-order valence-corrected chi connectivity index (χ1v) is 11.4. The van der Waals surface area contributed by atoms with Crippen LogP contribution in [0.15, 0.2) is 47.4 Å². The molecule has 148 valence electrons. The molecule has 0 spiro atoms. The van der Waals surface area contributed by atoms with Crippen LogP contribution in [-0.4, -0.2) is 30.7 Å². The quantitative estimate of drug-likeness (QED) is 0.702. The predicted octanol–water partition coefficient (Wildman–Crippen LogP) is 4.24. The summed E-state index contributed by atoms with van der Waals surface area (Å²) in [6.45, 7) is 0.238. The van der Waals surface area contributed by atoms with Gasteiger partial charge in [0.2, 0.25) is 10.0 Å². The smallest absolute Gasteiger partial charge is 0.251 e. The van der Waals surface area contributed by atoms with Gasteiger partial charge in [-0.1, -0.05) is 35.3 Å². The minimum atomic E-state index is -3.73. The van der Waals surface area contributed by atoms with Gasteiger partial charge in [0.25, 0.3) is 5.91 Å². The van der Waals surface area contributed by atoms with Crippen molar-refractivity contribution in [3.05, 3.63) is 63.6 Å². The summed E-state index contributed by atoms with van der Waals surface area (Å²) in [5, 5.41) is 3.51. The number of benzene rings is 2. The molecule has 2 aliphatic rings. The summed E-state index contributed by atoms with van der Waals surface area (Å²) >= 11 is 12.0. The molecular formula is C20H20Cl2N2O3S. The normalized spacial score (nSPS) is 17.0. The Morgan fingerprint density at radius 3 is 2.14 bits per heavy atom. The number of halogens is 2. The van der Waals surface area contributed by atoms with Crippen molar-refractivity contribution >= 4 is 39.1 Å². The van der Waals surface area contributed by atoms with Crippen LogP contribution in [-0.2, 0) is 16.6 Å². The molecule has 4 rings (SSSR count). The number of amides is 1. The predicted molar refractivity (Wildman–Crippen MR) is 109 cm³/mol. The van der Waals surface area contributed by atoms with Gasteiger partial charge in [-0.05, 0) is 61.6 Å². The van der Waals surface area contributed by atoms with Crippen molar-refractivity contribution in [2.75, 3.05) is 0 Å². The van der Waals surface area contributed by atoms with E-state index in [1.165, 1.54) is 22.5 Å². The lowest BCUT2D eigenvalue weighted by atomic mass is 10.1. The van der Waals surface area contributed by atoms with E-state index in [9.17, 15) is 13.2 Å². The molecule has 1 amide bonds. The molecule has 2 fully saturated rings. The van der Waals surface area contributed by atoms with E-state index in [2.05, 4.69) is 5.32 Å². The van der Waals surface area contributed by atoms with Crippen molar-refractivity contribution < 1.29 is 13.2 Å². The molecule has 0 aromatic heterocycles. The average molecular weight is 439 g/mol. The lowest BCUT2D eigenvalue weighted by molar-refractivity contribution is 0.0951. The lowest BCUT2D eigenvalue weighted by Gasteiger charge is -2.22. The van der Waals surface area contributed by atoms with E-state index in [0.29, 0.717) is 11.6 Å². The molecule has 2 aliphatic carbocycles. The Kier molecular flexibility index (Phi) is 5.40. The lowest BCUT2D eigenvalue weighted by Crippen LogP contribution is -2.32. The first-order chi connectivity index (χ1) is 13.3. The molecule has 2 saturated carbocycles. The zero-order chi connectivity index (χ0) is 19.9. The third-order valence-corrected chi connectivity index (χ3v) is 7.18. The van der Waals surface area contributed by atoms with Gasteiger partial charge in [0.05, 0.1) is 4.90 Å². The summed E-state index contributed by atoms with van der Waals surface area (Å²) < 4.78 is 27.8. The summed E-state index contributed by atoms with van der Waals surface area (Å²) in [7, 11) is -3.73. The standard InChI is InChI=1S/C20H20Cl2N2O3S/c21-15-9-16(22)11-19(10-15)28(26,27)24(18-7-8-18)12-13-1-3-14(4-2-13)20(25)23-17-5-6-17/h1-4,9-11,17-18H,5-8,12H2,(H,23,25). The average Bonchev–Trinajstić information content (AvgIpc) is 3.54. The minimum Gasteiger partial charge on any atom is -0.349 e. The Morgan fingerprint density at radius 1 is 1.00 bits per heavy atom. The zero-order valence-corrected chi connectivity index (χ0v) is 17.4. The fourth-order valence-electron chi connectivity index (χ4n) is 3.02. The fraction of sp³-hybridized carbons (Fsp3) is 0.350. The Hall–Kier alpha value is -1.60. The van der Waals surface area contributed by atoms with Gasteiger partial charge in [-0.15, -0.1) is 0 Å². The molecule has 0 aliphatic heterocycles. The molecule has 2 aromatic rings. The second-order valence-electron chi connectivity index (χ2n) is 7.33. The number of carbonyl (C=O) groups excluding carboxylic acids is 1. The van der Waals surface area contributed by atoms with Crippen molar-refractivity contribution in [3.8, 4) is 0 Å². The second-order valence-corrected chi connectivity index (χ2v) is 10.1. The largest absolute Gasteiger partial charge is 0.349 e. The van der Waals surface area contributed by atoms with E-state index in [1.807, 2.05) is 0 Å². The molecule has 0 heterocycles. The number of sulfonamides is 1. The summed E-state index contributed by atoms with van der Waals surface area (Å²) in [5.74, 6) is -0.0886. The van der Waals surface area contributed by atoms with E-state index >= 15 is 0 Å². The first-order valence-electron chi connectivity index (χ1n) is 9.21. The Bertz CT molecular complexity index is 980. The molecule has 0 bridgehead atoms. The number of hydrogen-bond acceptors (Lipinski definition) is 3. The van der Waals surface area contributed by atoms with Crippen LogP contribution in [0, 0.1) is 0 Å². The van der Waals surface area contributed by atoms with Gasteiger partial charge in [0.15, 0.2) is 0 Å². The maximum absolute atomic E-state index is 13.2. The first kappa shape index (κ1) is 19.7. The Labute approximate surface area is 174 Å². The van der Waals surface area contributed by atoms with E-state index in [0.717, 1.165) is 31.2 Å². The Morgan fingerprint density at radius 2 is 1.61 bits per heavy atom. The molecule has 2 aromatic carbocycles. The number of rotatable bonds is 7. The van der Waals surface area contributed by atoms with Crippen molar-refractivity contribution in [2.45, 2.75) is 49.2 Å². The van der Waals surface area contributed by atoms with Crippen LogP contribution in [0.3, 0.4) is 0 Å². The van der Waals surface area contributed by atoms with Crippen LogP contribution in [0.4, 0.5) is 0 Å². The topological polar surface area (TPSA) is 66.5 Å². The molecule has 0 atom stereocenters. The van der Waals surface area contributed by atoms with Crippen molar-refractivity contribution in [3.63, 3.8) is 0 Å². The van der Waals surface area contributed by atoms with Crippen molar-refractivity contribution in [2.24, 2.45) is 0 Å². The van der Waals surface area contributed by atoms with Crippen LogP contribution in [0.25, 0.3) is 0 Å². The summed E-state index contributed by atoms with van der Waals surface area (Å²) in [6.07, 6.45) is 3.72. The van der Waals surface area contributed by atoms with Gasteiger partial charge < -0.3 is 5.32 Å². The van der Waals surface area contributed by atoms with Crippen LogP contribution in [0.5, 0.6) is 0 Å². The molecule has 5 nitrogen and oxygen atoms in total. The van der Waals surface area contributed by atoms with Crippen molar-refractivity contribution in [1.29, 1.82) is 0 Å². The van der Waals surface area contributed by atoms with Gasteiger partial charge in [-0.3, -0.25) is 4.79 Å². The molecule has 8 heteroatoms. The zero-order valence-electron chi connectivity index (χ0n) is 15.1. The summed E-state index contributed by atoms with van der Waals surface area (Å²) in [5.41, 5.74) is 1.41. The maximum atomic E-state index is 13.2. The highest BCUT2D eigenvalue weighted by Gasteiger charge is 2.38. The van der Waals surface area contributed by atoms with Gasteiger partial charge >= 0.3 is 0 Å². The molecule has 0 radical (unpaired) electrons. The molecule has 0 saturated heterocycles. The molecule has 1 N–H and O–H groups in total. The monoisotopic (exact) mass is 438 g/mol. The third kappa shape index (κ3) is 4.51. The highest BCUT2D eigenvalue weighted by Crippen LogP contribution is 2.35. The third-order valence-electron chi connectivity index (χ3n) is 4.86. The van der Waals surface area contributed by atoms with Crippen LogP contribution >= 0.6 is 23.2 Å². The van der Waals surface area contributed by atoms with E-state index in [4.69, 9.17) is 23.2 Å². The van der Waals surface area contributed by atoms with Gasteiger partial charge in [-0.25, -0.2) is 8.42 Å². The number of nitrogens with zero attached hydrogens (tertiary/aromatic N) is 1. The van der Waals surface area contributed by atoms with Crippen molar-refractivity contribution in [1.82, 2.24) is 9.62 Å². The molecule has 28 heavy (non-hydrogen) atoms. The molecular weight excluding hydrogens is 419 g/mol. The Balaban J connectivity index is 1.54. The number of nitrogens with one attached hydrogen (secondary N) is 1. The summed E-state index contributed by atoms with van der Waals surface area (Å²) in [4.78, 5) is 12.2. The van der Waals surface area contributed by atoms with E-state index in [1.54, 1.807) is 24.3 Å². The maximum Gasteiger partial charge on any atom is 0.251 e. The van der Waals surface area contributed by atoms with Gasteiger partial charge in [0, 0.05) is 34.2 Å². The van der Waals surface area contributed by atoms with E-state index < -0.39 is 10.0 Å².